The molecule has 1 atom stereocenters. The Bertz CT molecular complexity index is 549. The van der Waals surface area contributed by atoms with Gasteiger partial charge in [-0.05, 0) is 29.7 Å². The summed E-state index contributed by atoms with van der Waals surface area (Å²) in [6, 6.07) is 7.23. The highest BCUT2D eigenvalue weighted by molar-refractivity contribution is 9.10. The van der Waals surface area contributed by atoms with E-state index in [-0.39, 0.29) is 18.8 Å². The summed E-state index contributed by atoms with van der Waals surface area (Å²) in [6.45, 7) is 0.187. The van der Waals surface area contributed by atoms with Crippen molar-refractivity contribution >= 4 is 21.5 Å². The molecule has 2 rings (SSSR count). The number of ether oxygens (including phenoxy) is 2. The van der Waals surface area contributed by atoms with Crippen LogP contribution in [-0.2, 0) is 9.47 Å². The van der Waals surface area contributed by atoms with Crippen molar-refractivity contribution < 1.29 is 18.3 Å². The highest BCUT2D eigenvalue weighted by atomic mass is 79.9. The van der Waals surface area contributed by atoms with Crippen molar-refractivity contribution in [2.24, 2.45) is 5.92 Å². The fourth-order valence-corrected chi connectivity index (χ4v) is 2.53. The first-order chi connectivity index (χ1) is 9.58. The number of hydrogen-bond acceptors (Lipinski definition) is 2. The number of halogens is 3. The van der Waals surface area contributed by atoms with Gasteiger partial charge in [0, 0.05) is 17.5 Å². The van der Waals surface area contributed by atoms with E-state index in [4.69, 9.17) is 9.47 Å². The van der Waals surface area contributed by atoms with Crippen LogP contribution in [0.5, 0.6) is 0 Å². The molecule has 0 amide bonds. The van der Waals surface area contributed by atoms with Gasteiger partial charge < -0.3 is 9.47 Å². The van der Waals surface area contributed by atoms with Gasteiger partial charge in [-0.25, -0.2) is 8.78 Å². The van der Waals surface area contributed by atoms with Crippen LogP contribution in [0.1, 0.15) is 12.0 Å². The van der Waals surface area contributed by atoms with E-state index in [1.165, 1.54) is 14.2 Å². The second-order valence-corrected chi connectivity index (χ2v) is 5.45. The molecule has 0 bridgehead atoms. The normalized spacial score (nSPS) is 19.6. The topological polar surface area (TPSA) is 18.5 Å². The van der Waals surface area contributed by atoms with Crippen LogP contribution >= 0.6 is 15.9 Å². The van der Waals surface area contributed by atoms with Gasteiger partial charge in [0.05, 0.1) is 13.7 Å². The van der Waals surface area contributed by atoms with E-state index in [1.807, 2.05) is 12.1 Å². The third-order valence-corrected chi connectivity index (χ3v) is 3.78. The van der Waals surface area contributed by atoms with Crippen molar-refractivity contribution in [3.63, 3.8) is 0 Å². The molecule has 1 aromatic carbocycles. The quantitative estimate of drug-likeness (QED) is 0.793. The lowest BCUT2D eigenvalue weighted by Gasteiger charge is -2.24. The van der Waals surface area contributed by atoms with Gasteiger partial charge in [-0.15, -0.1) is 0 Å². The average Bonchev–Trinajstić information content (AvgIpc) is 2.44. The molecule has 0 heterocycles. The Morgan fingerprint density at radius 1 is 1.20 bits per heavy atom. The van der Waals surface area contributed by atoms with Crippen LogP contribution in [0.15, 0.2) is 46.2 Å². The zero-order valence-corrected chi connectivity index (χ0v) is 12.8. The maximum atomic E-state index is 14.4. The summed E-state index contributed by atoms with van der Waals surface area (Å²) < 4.78 is 39.2. The molecule has 1 aliphatic carbocycles. The van der Waals surface area contributed by atoms with Crippen molar-refractivity contribution in [1.82, 2.24) is 0 Å². The smallest absolute Gasteiger partial charge is 0.186 e. The summed E-state index contributed by atoms with van der Waals surface area (Å²) in [5, 5.41) is 0. The van der Waals surface area contributed by atoms with E-state index in [9.17, 15) is 8.78 Å². The molecule has 108 valence electrons. The highest BCUT2D eigenvalue weighted by Crippen LogP contribution is 2.41. The van der Waals surface area contributed by atoms with Crippen LogP contribution in [-0.4, -0.2) is 20.8 Å². The summed E-state index contributed by atoms with van der Waals surface area (Å²) >= 11 is 3.33. The SMILES string of the molecule is COCC1CC(c2ccc(Br)cc2)=C(F)C(OC)=C1F. The molecule has 0 aliphatic heterocycles. The molecule has 5 heteroatoms. The van der Waals surface area contributed by atoms with E-state index in [0.717, 1.165) is 4.47 Å². The molecular weight excluding hydrogens is 330 g/mol. The lowest BCUT2D eigenvalue weighted by molar-refractivity contribution is 0.147. The molecule has 0 saturated carbocycles. The van der Waals surface area contributed by atoms with Gasteiger partial charge in [-0.1, -0.05) is 28.1 Å². The van der Waals surface area contributed by atoms with Crippen LogP contribution in [0.3, 0.4) is 0 Å². The zero-order valence-electron chi connectivity index (χ0n) is 11.3. The average molecular weight is 345 g/mol. The Morgan fingerprint density at radius 3 is 2.40 bits per heavy atom. The van der Waals surface area contributed by atoms with Crippen molar-refractivity contribution in [3.8, 4) is 0 Å². The van der Waals surface area contributed by atoms with Crippen LogP contribution in [0.25, 0.3) is 5.57 Å². The number of allylic oxidation sites excluding steroid dienone is 2. The summed E-state index contributed by atoms with van der Waals surface area (Å²) in [4.78, 5) is 0. The van der Waals surface area contributed by atoms with Gasteiger partial charge in [0.2, 0.25) is 0 Å². The molecule has 1 unspecified atom stereocenters. The Morgan fingerprint density at radius 2 is 1.85 bits per heavy atom. The molecule has 1 aliphatic rings. The second-order valence-electron chi connectivity index (χ2n) is 4.54. The minimum absolute atomic E-state index is 0.187. The van der Waals surface area contributed by atoms with Gasteiger partial charge in [-0.3, -0.25) is 0 Å². The monoisotopic (exact) mass is 344 g/mol. The van der Waals surface area contributed by atoms with Crippen LogP contribution in [0.2, 0.25) is 0 Å². The van der Waals surface area contributed by atoms with Gasteiger partial charge in [-0.2, -0.15) is 0 Å². The highest BCUT2D eigenvalue weighted by Gasteiger charge is 2.31. The standard InChI is InChI=1S/C15H15BrF2O2/c1-19-8-10-7-12(9-3-5-11(16)6-4-9)14(18)15(20-2)13(10)17/h3-6,10H,7-8H2,1-2H3. The van der Waals surface area contributed by atoms with E-state index in [2.05, 4.69) is 15.9 Å². The molecule has 0 N–H and O–H groups in total. The third-order valence-electron chi connectivity index (χ3n) is 3.25. The van der Waals surface area contributed by atoms with E-state index < -0.39 is 17.6 Å². The number of rotatable bonds is 4. The van der Waals surface area contributed by atoms with Crippen LogP contribution < -0.4 is 0 Å². The predicted molar refractivity (Wildman–Crippen MR) is 77.3 cm³/mol. The predicted octanol–water partition coefficient (Wildman–Crippen LogP) is 4.62. The van der Waals surface area contributed by atoms with Crippen molar-refractivity contribution in [2.45, 2.75) is 6.42 Å². The number of benzene rings is 1. The second kappa shape index (κ2) is 6.50. The summed E-state index contributed by atoms with van der Waals surface area (Å²) in [5.74, 6) is -2.07. The molecule has 2 nitrogen and oxygen atoms in total. The Hall–Kier alpha value is -1.20. The van der Waals surface area contributed by atoms with Crippen LogP contribution in [0, 0.1) is 5.92 Å². The van der Waals surface area contributed by atoms with E-state index in [1.54, 1.807) is 12.1 Å². The molecule has 0 radical (unpaired) electrons. The van der Waals surface area contributed by atoms with Gasteiger partial charge >= 0.3 is 0 Å². The largest absolute Gasteiger partial charge is 0.491 e. The molecular formula is C15H15BrF2O2. The summed E-state index contributed by atoms with van der Waals surface area (Å²) in [6.07, 6.45) is 0.250. The van der Waals surface area contributed by atoms with Gasteiger partial charge in [0.1, 0.15) is 0 Å². The lowest BCUT2D eigenvalue weighted by Crippen LogP contribution is -2.17. The molecule has 1 aromatic rings. The maximum Gasteiger partial charge on any atom is 0.186 e. The summed E-state index contributed by atoms with van der Waals surface area (Å²) in [5.41, 5.74) is 1.16. The first-order valence-corrected chi connectivity index (χ1v) is 6.95. The molecule has 0 fully saturated rings. The Labute approximate surface area is 125 Å². The first kappa shape index (κ1) is 15.2. The minimum Gasteiger partial charge on any atom is -0.491 e. The fourth-order valence-electron chi connectivity index (χ4n) is 2.27. The Kier molecular flexibility index (Phi) is 4.94. The molecule has 0 aromatic heterocycles. The lowest BCUT2D eigenvalue weighted by atomic mass is 9.88. The van der Waals surface area contributed by atoms with Crippen LogP contribution in [0.4, 0.5) is 8.78 Å². The van der Waals surface area contributed by atoms with Crippen molar-refractivity contribution in [1.29, 1.82) is 0 Å². The number of methoxy groups -OCH3 is 2. The maximum absolute atomic E-state index is 14.4. The Balaban J connectivity index is 2.45. The zero-order chi connectivity index (χ0) is 14.7. The number of hydrogen-bond donors (Lipinski definition) is 0. The van der Waals surface area contributed by atoms with Crippen molar-refractivity contribution in [3.05, 3.63) is 51.7 Å². The van der Waals surface area contributed by atoms with Gasteiger partial charge in [0.15, 0.2) is 17.4 Å². The third kappa shape index (κ3) is 2.94. The fraction of sp³-hybridized carbons (Fsp3) is 0.333. The summed E-state index contributed by atoms with van der Waals surface area (Å²) in [7, 11) is 2.76. The van der Waals surface area contributed by atoms with E-state index >= 15 is 0 Å². The van der Waals surface area contributed by atoms with Crippen molar-refractivity contribution in [2.75, 3.05) is 20.8 Å². The molecule has 0 saturated heterocycles. The molecule has 20 heavy (non-hydrogen) atoms. The molecule has 0 spiro atoms. The first-order valence-electron chi connectivity index (χ1n) is 6.16. The minimum atomic E-state index is -0.639. The van der Waals surface area contributed by atoms with E-state index in [0.29, 0.717) is 11.1 Å². The van der Waals surface area contributed by atoms with Gasteiger partial charge in [0.25, 0.3) is 0 Å².